The van der Waals surface area contributed by atoms with Crippen LogP contribution in [0.3, 0.4) is 0 Å². The van der Waals surface area contributed by atoms with E-state index in [-0.39, 0.29) is 0 Å². The molecule has 19 heavy (non-hydrogen) atoms. The Labute approximate surface area is 114 Å². The van der Waals surface area contributed by atoms with Crippen molar-refractivity contribution in [1.29, 1.82) is 0 Å². The van der Waals surface area contributed by atoms with E-state index >= 15 is 0 Å². The summed E-state index contributed by atoms with van der Waals surface area (Å²) in [4.78, 5) is 0. The summed E-state index contributed by atoms with van der Waals surface area (Å²) in [6.45, 7) is 3.22. The first kappa shape index (κ1) is 12.4. The predicted molar refractivity (Wildman–Crippen MR) is 77.2 cm³/mol. The number of aryl methyl sites for hydroxylation is 2. The van der Waals surface area contributed by atoms with Gasteiger partial charge in [0.2, 0.25) is 0 Å². The van der Waals surface area contributed by atoms with Crippen molar-refractivity contribution >= 4 is 0 Å². The van der Waals surface area contributed by atoms with Gasteiger partial charge in [-0.05, 0) is 36.6 Å². The second-order valence-electron chi connectivity index (χ2n) is 5.26. The molecule has 2 aromatic rings. The standard InChI is InChI=1S/C16H21N3/c1-3-13-10-14(19(2)18-13)11-16-15-7-5-4-6-12(15)8-9-17-16/h4-7,10,16-17H,3,8-9,11H2,1-2H3. The van der Waals surface area contributed by atoms with Crippen LogP contribution in [-0.2, 0) is 26.3 Å². The van der Waals surface area contributed by atoms with Crippen molar-refractivity contribution in [2.75, 3.05) is 6.54 Å². The first-order valence-corrected chi connectivity index (χ1v) is 7.11. The van der Waals surface area contributed by atoms with Gasteiger partial charge < -0.3 is 5.32 Å². The van der Waals surface area contributed by atoms with Gasteiger partial charge in [-0.15, -0.1) is 0 Å². The van der Waals surface area contributed by atoms with E-state index in [1.165, 1.54) is 22.5 Å². The third-order valence-corrected chi connectivity index (χ3v) is 4.02. The minimum absolute atomic E-state index is 0.421. The highest BCUT2D eigenvalue weighted by atomic mass is 15.3. The number of hydrogen-bond acceptors (Lipinski definition) is 2. The Morgan fingerprint density at radius 3 is 3.00 bits per heavy atom. The van der Waals surface area contributed by atoms with E-state index < -0.39 is 0 Å². The zero-order valence-electron chi connectivity index (χ0n) is 11.7. The lowest BCUT2D eigenvalue weighted by Crippen LogP contribution is -2.31. The molecule has 0 amide bonds. The molecular formula is C16H21N3. The van der Waals surface area contributed by atoms with Crippen molar-refractivity contribution in [2.24, 2.45) is 7.05 Å². The average Bonchev–Trinajstić information content (AvgIpc) is 2.80. The second-order valence-corrected chi connectivity index (χ2v) is 5.26. The van der Waals surface area contributed by atoms with E-state index in [1.807, 2.05) is 11.7 Å². The van der Waals surface area contributed by atoms with Crippen LogP contribution in [0.2, 0.25) is 0 Å². The summed E-state index contributed by atoms with van der Waals surface area (Å²) >= 11 is 0. The monoisotopic (exact) mass is 255 g/mol. The Bertz CT molecular complexity index is 571. The number of nitrogens with zero attached hydrogens (tertiary/aromatic N) is 2. The van der Waals surface area contributed by atoms with Gasteiger partial charge in [0.05, 0.1) is 5.69 Å². The van der Waals surface area contributed by atoms with Crippen LogP contribution in [0, 0.1) is 0 Å². The smallest absolute Gasteiger partial charge is 0.0624 e. The number of nitrogens with one attached hydrogen (secondary N) is 1. The maximum atomic E-state index is 4.54. The zero-order valence-corrected chi connectivity index (χ0v) is 11.7. The van der Waals surface area contributed by atoms with Crippen LogP contribution in [0.15, 0.2) is 30.3 Å². The Morgan fingerprint density at radius 2 is 2.21 bits per heavy atom. The van der Waals surface area contributed by atoms with E-state index in [1.54, 1.807) is 0 Å². The zero-order chi connectivity index (χ0) is 13.2. The SMILES string of the molecule is CCc1cc(CC2NCCc3ccccc32)n(C)n1. The Morgan fingerprint density at radius 1 is 1.37 bits per heavy atom. The summed E-state index contributed by atoms with van der Waals surface area (Å²) < 4.78 is 2.03. The van der Waals surface area contributed by atoms with Crippen LogP contribution < -0.4 is 5.32 Å². The van der Waals surface area contributed by atoms with Gasteiger partial charge in [0.25, 0.3) is 0 Å². The molecule has 0 radical (unpaired) electrons. The molecule has 3 heteroatoms. The molecule has 1 atom stereocenters. The average molecular weight is 255 g/mol. The van der Waals surface area contributed by atoms with Crippen molar-refractivity contribution in [3.05, 3.63) is 52.8 Å². The highest BCUT2D eigenvalue weighted by Crippen LogP contribution is 2.25. The third kappa shape index (κ3) is 2.43. The van der Waals surface area contributed by atoms with Gasteiger partial charge >= 0.3 is 0 Å². The van der Waals surface area contributed by atoms with E-state index in [4.69, 9.17) is 0 Å². The second kappa shape index (κ2) is 5.17. The van der Waals surface area contributed by atoms with Gasteiger partial charge in [-0.25, -0.2) is 0 Å². The summed E-state index contributed by atoms with van der Waals surface area (Å²) in [5, 5.41) is 8.18. The largest absolute Gasteiger partial charge is 0.309 e. The van der Waals surface area contributed by atoms with Crippen LogP contribution in [0.4, 0.5) is 0 Å². The maximum Gasteiger partial charge on any atom is 0.0624 e. The first-order chi connectivity index (χ1) is 9.28. The molecular weight excluding hydrogens is 234 g/mol. The summed E-state index contributed by atoms with van der Waals surface area (Å²) in [5.41, 5.74) is 5.43. The molecule has 1 aliphatic heterocycles. The highest BCUT2D eigenvalue weighted by molar-refractivity contribution is 5.33. The van der Waals surface area contributed by atoms with Gasteiger partial charge in [-0.2, -0.15) is 5.10 Å². The van der Waals surface area contributed by atoms with Crippen LogP contribution in [0.1, 0.15) is 35.5 Å². The number of aromatic nitrogens is 2. The van der Waals surface area contributed by atoms with Gasteiger partial charge in [0.15, 0.2) is 0 Å². The number of hydrogen-bond donors (Lipinski definition) is 1. The lowest BCUT2D eigenvalue weighted by molar-refractivity contribution is 0.488. The fourth-order valence-electron chi connectivity index (χ4n) is 2.92. The molecule has 1 N–H and O–H groups in total. The van der Waals surface area contributed by atoms with Gasteiger partial charge in [0.1, 0.15) is 0 Å². The fourth-order valence-corrected chi connectivity index (χ4v) is 2.92. The van der Waals surface area contributed by atoms with Gasteiger partial charge in [-0.3, -0.25) is 4.68 Å². The Kier molecular flexibility index (Phi) is 3.38. The number of benzene rings is 1. The Balaban J connectivity index is 1.86. The molecule has 1 unspecified atom stereocenters. The molecule has 100 valence electrons. The summed E-state index contributed by atoms with van der Waals surface area (Å²) in [7, 11) is 2.04. The molecule has 1 aromatic heterocycles. The molecule has 0 fully saturated rings. The fraction of sp³-hybridized carbons (Fsp3) is 0.438. The maximum absolute atomic E-state index is 4.54. The quantitative estimate of drug-likeness (QED) is 0.913. The van der Waals surface area contributed by atoms with Crippen LogP contribution >= 0.6 is 0 Å². The molecule has 2 heterocycles. The van der Waals surface area contributed by atoms with E-state index in [9.17, 15) is 0 Å². The minimum Gasteiger partial charge on any atom is -0.309 e. The topological polar surface area (TPSA) is 29.9 Å². The normalized spacial score (nSPS) is 18.3. The molecule has 0 spiro atoms. The highest BCUT2D eigenvalue weighted by Gasteiger charge is 2.20. The molecule has 1 aromatic carbocycles. The van der Waals surface area contributed by atoms with Gasteiger partial charge in [0, 0.05) is 25.2 Å². The molecule has 0 saturated carbocycles. The molecule has 0 aliphatic carbocycles. The predicted octanol–water partition coefficient (Wildman–Crippen LogP) is 2.41. The van der Waals surface area contributed by atoms with E-state index in [0.29, 0.717) is 6.04 Å². The van der Waals surface area contributed by atoms with Gasteiger partial charge in [-0.1, -0.05) is 31.2 Å². The van der Waals surface area contributed by atoms with Crippen molar-refractivity contribution in [3.63, 3.8) is 0 Å². The van der Waals surface area contributed by atoms with Crippen LogP contribution in [0.5, 0.6) is 0 Å². The number of fused-ring (bicyclic) bond motifs is 1. The summed E-state index contributed by atoms with van der Waals surface area (Å²) in [5.74, 6) is 0. The van der Waals surface area contributed by atoms with Crippen molar-refractivity contribution in [1.82, 2.24) is 15.1 Å². The number of rotatable bonds is 3. The summed E-state index contributed by atoms with van der Waals surface area (Å²) in [6, 6.07) is 11.4. The molecule has 0 bridgehead atoms. The molecule has 3 rings (SSSR count). The molecule has 0 saturated heterocycles. The van der Waals surface area contributed by atoms with E-state index in [2.05, 4.69) is 47.7 Å². The van der Waals surface area contributed by atoms with Crippen molar-refractivity contribution < 1.29 is 0 Å². The van der Waals surface area contributed by atoms with E-state index in [0.717, 1.165) is 25.8 Å². The Hall–Kier alpha value is -1.61. The summed E-state index contributed by atoms with van der Waals surface area (Å²) in [6.07, 6.45) is 3.15. The first-order valence-electron chi connectivity index (χ1n) is 7.11. The lowest BCUT2D eigenvalue weighted by Gasteiger charge is -2.26. The third-order valence-electron chi connectivity index (χ3n) is 4.02. The lowest BCUT2D eigenvalue weighted by atomic mass is 9.91. The van der Waals surface area contributed by atoms with Crippen molar-refractivity contribution in [2.45, 2.75) is 32.2 Å². The molecule has 1 aliphatic rings. The van der Waals surface area contributed by atoms with Crippen LogP contribution in [0.25, 0.3) is 0 Å². The van der Waals surface area contributed by atoms with Crippen LogP contribution in [-0.4, -0.2) is 16.3 Å². The minimum atomic E-state index is 0.421. The molecule has 3 nitrogen and oxygen atoms in total. The van der Waals surface area contributed by atoms with Crippen molar-refractivity contribution in [3.8, 4) is 0 Å².